The second-order valence-electron chi connectivity index (χ2n) is 2.17. The maximum absolute atomic E-state index is 12.5. The second-order valence-corrected chi connectivity index (χ2v) is 3.29. The third-order valence-corrected chi connectivity index (χ3v) is 2.40. The normalized spacial score (nSPS) is 12.0. The summed E-state index contributed by atoms with van der Waals surface area (Å²) in [5.74, 6) is -2.65. The van der Waals surface area contributed by atoms with Crippen molar-refractivity contribution in [2.75, 3.05) is 0 Å². The van der Waals surface area contributed by atoms with Gasteiger partial charge >= 0.3 is 0 Å². The second kappa shape index (κ2) is 3.03. The van der Waals surface area contributed by atoms with Gasteiger partial charge in [0, 0.05) is 12.3 Å². The lowest BCUT2D eigenvalue weighted by Crippen LogP contribution is -2.05. The van der Waals surface area contributed by atoms with Gasteiger partial charge in [-0.1, -0.05) is 0 Å². The first-order chi connectivity index (χ1) is 5.04. The zero-order valence-electron chi connectivity index (χ0n) is 5.77. The molecule has 1 rings (SSSR count). The standard InChI is InChI=1S/C6H6ClF2NS/c1-6(8,9)5-10-4(2-7)3-11-5/h3H,2H2,1H3. The molecule has 0 aliphatic rings. The largest absolute Gasteiger partial charge is 0.296 e. The van der Waals surface area contributed by atoms with E-state index in [1.807, 2.05) is 0 Å². The highest BCUT2D eigenvalue weighted by Crippen LogP contribution is 2.29. The molecule has 5 heteroatoms. The molecule has 0 amide bonds. The SMILES string of the molecule is CC(F)(F)c1nc(CCl)cs1. The van der Waals surface area contributed by atoms with Gasteiger partial charge in [0.15, 0.2) is 5.01 Å². The van der Waals surface area contributed by atoms with Gasteiger partial charge < -0.3 is 0 Å². The van der Waals surface area contributed by atoms with Crippen molar-refractivity contribution < 1.29 is 8.78 Å². The molecule has 0 N–H and O–H groups in total. The summed E-state index contributed by atoms with van der Waals surface area (Å²) in [6, 6.07) is 0. The fraction of sp³-hybridized carbons (Fsp3) is 0.500. The predicted octanol–water partition coefficient (Wildman–Crippen LogP) is 2.99. The lowest BCUT2D eigenvalue weighted by atomic mass is 10.4. The van der Waals surface area contributed by atoms with Crippen LogP contribution in [0.25, 0.3) is 0 Å². The first-order valence-corrected chi connectivity index (χ1v) is 4.34. The highest BCUT2D eigenvalue weighted by atomic mass is 35.5. The molecule has 0 spiro atoms. The van der Waals surface area contributed by atoms with E-state index in [4.69, 9.17) is 11.6 Å². The number of rotatable bonds is 2. The number of aromatic nitrogens is 1. The van der Waals surface area contributed by atoms with Gasteiger partial charge in [-0.15, -0.1) is 22.9 Å². The van der Waals surface area contributed by atoms with E-state index in [1.165, 1.54) is 0 Å². The zero-order chi connectivity index (χ0) is 8.48. The van der Waals surface area contributed by atoms with Crippen molar-refractivity contribution in [2.24, 2.45) is 0 Å². The Morgan fingerprint density at radius 3 is 2.64 bits per heavy atom. The monoisotopic (exact) mass is 197 g/mol. The molecule has 0 unspecified atom stereocenters. The molecular weight excluding hydrogens is 192 g/mol. The number of nitrogens with zero attached hydrogens (tertiary/aromatic N) is 1. The van der Waals surface area contributed by atoms with Crippen LogP contribution in [0.15, 0.2) is 5.38 Å². The summed E-state index contributed by atoms with van der Waals surface area (Å²) in [6.45, 7) is 0.823. The summed E-state index contributed by atoms with van der Waals surface area (Å²) in [7, 11) is 0. The van der Waals surface area contributed by atoms with Gasteiger partial charge in [-0.3, -0.25) is 0 Å². The maximum atomic E-state index is 12.5. The summed E-state index contributed by atoms with van der Waals surface area (Å²) in [6.07, 6.45) is 0. The van der Waals surface area contributed by atoms with Crippen LogP contribution in [0.5, 0.6) is 0 Å². The summed E-state index contributed by atoms with van der Waals surface area (Å²) < 4.78 is 25.0. The van der Waals surface area contributed by atoms with Crippen molar-refractivity contribution in [1.82, 2.24) is 4.98 Å². The van der Waals surface area contributed by atoms with Crippen LogP contribution in [0.2, 0.25) is 0 Å². The predicted molar refractivity (Wildman–Crippen MR) is 41.2 cm³/mol. The molecule has 0 saturated carbocycles. The van der Waals surface area contributed by atoms with E-state index in [9.17, 15) is 8.78 Å². The van der Waals surface area contributed by atoms with Crippen molar-refractivity contribution in [3.8, 4) is 0 Å². The molecule has 0 saturated heterocycles. The fourth-order valence-electron chi connectivity index (χ4n) is 0.570. The van der Waals surface area contributed by atoms with E-state index in [2.05, 4.69) is 4.98 Å². The Labute approximate surface area is 72.0 Å². The molecule has 62 valence electrons. The minimum Gasteiger partial charge on any atom is -0.239 e. The fourth-order valence-corrected chi connectivity index (χ4v) is 1.56. The molecule has 0 fully saturated rings. The van der Waals surface area contributed by atoms with E-state index in [0.717, 1.165) is 18.3 Å². The highest BCUT2D eigenvalue weighted by molar-refractivity contribution is 7.09. The molecular formula is C6H6ClF2NS. The van der Waals surface area contributed by atoms with Gasteiger partial charge in [0.05, 0.1) is 11.6 Å². The Morgan fingerprint density at radius 2 is 2.36 bits per heavy atom. The summed E-state index contributed by atoms with van der Waals surface area (Å²) in [5, 5.41) is 1.37. The van der Waals surface area contributed by atoms with Crippen molar-refractivity contribution in [2.45, 2.75) is 18.7 Å². The Bertz CT molecular complexity index is 243. The Kier molecular flexibility index (Phi) is 2.44. The third-order valence-electron chi connectivity index (χ3n) is 1.06. The van der Waals surface area contributed by atoms with Crippen molar-refractivity contribution in [3.63, 3.8) is 0 Å². The van der Waals surface area contributed by atoms with Gasteiger partial charge in [-0.05, 0) is 0 Å². The van der Waals surface area contributed by atoms with Crippen LogP contribution in [-0.2, 0) is 11.8 Å². The van der Waals surface area contributed by atoms with Crippen LogP contribution in [0.4, 0.5) is 8.78 Å². The quantitative estimate of drug-likeness (QED) is 0.665. The minimum atomic E-state index is -2.84. The van der Waals surface area contributed by atoms with E-state index in [1.54, 1.807) is 5.38 Å². The van der Waals surface area contributed by atoms with Gasteiger partial charge in [-0.25, -0.2) is 4.98 Å². The molecule has 1 nitrogen and oxygen atoms in total. The lowest BCUT2D eigenvalue weighted by molar-refractivity contribution is 0.0171. The molecule has 1 aromatic rings. The maximum Gasteiger partial charge on any atom is 0.296 e. The first kappa shape index (κ1) is 8.87. The average molecular weight is 198 g/mol. The summed E-state index contributed by atoms with van der Waals surface area (Å²) in [5.41, 5.74) is 0.508. The van der Waals surface area contributed by atoms with Crippen LogP contribution in [0, 0.1) is 0 Å². The Morgan fingerprint density at radius 1 is 1.73 bits per heavy atom. The minimum absolute atomic E-state index is 0.173. The van der Waals surface area contributed by atoms with E-state index in [0.29, 0.717) is 5.69 Å². The van der Waals surface area contributed by atoms with Crippen LogP contribution in [0.1, 0.15) is 17.6 Å². The molecule has 1 heterocycles. The van der Waals surface area contributed by atoms with Crippen LogP contribution in [0.3, 0.4) is 0 Å². The topological polar surface area (TPSA) is 12.9 Å². The Hall–Kier alpha value is -0.220. The molecule has 0 atom stereocenters. The zero-order valence-corrected chi connectivity index (χ0v) is 7.35. The molecule has 0 aliphatic heterocycles. The first-order valence-electron chi connectivity index (χ1n) is 2.92. The molecule has 11 heavy (non-hydrogen) atoms. The Balaban J connectivity index is 2.89. The summed E-state index contributed by atoms with van der Waals surface area (Å²) >= 11 is 6.33. The van der Waals surface area contributed by atoms with Gasteiger partial charge in [-0.2, -0.15) is 8.78 Å². The van der Waals surface area contributed by atoms with Crippen LogP contribution in [-0.4, -0.2) is 4.98 Å². The molecule has 0 aliphatic carbocycles. The molecule has 1 aromatic heterocycles. The van der Waals surface area contributed by atoms with Crippen molar-refractivity contribution in [3.05, 3.63) is 16.1 Å². The smallest absolute Gasteiger partial charge is 0.239 e. The van der Waals surface area contributed by atoms with Gasteiger partial charge in [0.1, 0.15) is 0 Å². The summed E-state index contributed by atoms with van der Waals surface area (Å²) in [4.78, 5) is 3.64. The number of hydrogen-bond donors (Lipinski definition) is 0. The van der Waals surface area contributed by atoms with Gasteiger partial charge in [0.25, 0.3) is 5.92 Å². The highest BCUT2D eigenvalue weighted by Gasteiger charge is 2.27. The number of thiazole rings is 1. The van der Waals surface area contributed by atoms with E-state index < -0.39 is 5.92 Å². The number of halogens is 3. The van der Waals surface area contributed by atoms with Crippen LogP contribution >= 0.6 is 22.9 Å². The number of alkyl halides is 3. The number of hydrogen-bond acceptors (Lipinski definition) is 2. The van der Waals surface area contributed by atoms with Crippen molar-refractivity contribution in [1.29, 1.82) is 0 Å². The molecule has 0 radical (unpaired) electrons. The van der Waals surface area contributed by atoms with E-state index >= 15 is 0 Å². The van der Waals surface area contributed by atoms with Crippen molar-refractivity contribution >= 4 is 22.9 Å². The molecule has 0 aromatic carbocycles. The average Bonchev–Trinajstić information content (AvgIpc) is 2.32. The van der Waals surface area contributed by atoms with E-state index in [-0.39, 0.29) is 10.9 Å². The molecule has 0 bridgehead atoms. The third kappa shape index (κ3) is 2.10. The van der Waals surface area contributed by atoms with Gasteiger partial charge in [0.2, 0.25) is 0 Å². The van der Waals surface area contributed by atoms with Crippen LogP contribution < -0.4 is 0 Å². The lowest BCUT2D eigenvalue weighted by Gasteiger charge is -2.03.